The third kappa shape index (κ3) is 5.12. The lowest BCUT2D eigenvalue weighted by Crippen LogP contribution is -2.10. The van der Waals surface area contributed by atoms with Crippen LogP contribution in [0.5, 0.6) is 0 Å². The molecule has 9 aromatic carbocycles. The summed E-state index contributed by atoms with van der Waals surface area (Å²) in [5, 5.41) is 7.30. The number of hydrogen-bond donors (Lipinski definition) is 0. The van der Waals surface area contributed by atoms with Gasteiger partial charge < -0.3 is 13.9 Å². The van der Waals surface area contributed by atoms with Crippen LogP contribution in [-0.4, -0.2) is 4.57 Å². The van der Waals surface area contributed by atoms with Crippen LogP contribution in [0.1, 0.15) is 0 Å². The second-order valence-electron chi connectivity index (χ2n) is 14.9. The summed E-state index contributed by atoms with van der Waals surface area (Å²) in [6.07, 6.45) is 0. The van der Waals surface area contributed by atoms with Crippen LogP contribution in [0.25, 0.3) is 91.9 Å². The molecule has 0 radical (unpaired) electrons. The average Bonchev–Trinajstić information content (AvgIpc) is 3.96. The number of nitrogens with zero attached hydrogens (tertiary/aromatic N) is 2. The molecular formula is C54H34N2OS. The summed E-state index contributed by atoms with van der Waals surface area (Å²) in [4.78, 5) is 2.35. The molecule has 58 heavy (non-hydrogen) atoms. The Bertz CT molecular complexity index is 3520. The highest BCUT2D eigenvalue weighted by Gasteiger charge is 2.21. The SMILES string of the molecule is c1ccc(-n2c3ccccc3c3ccc(-c4ccccc4-c4ccc(N(c5ccc6c(c5)sc5ccccc56)c5cccc6c5oc5ccccc56)cc4)cc32)cc1. The van der Waals surface area contributed by atoms with E-state index in [1.54, 1.807) is 0 Å². The van der Waals surface area contributed by atoms with Crippen molar-refractivity contribution in [3.8, 4) is 27.9 Å². The first-order chi connectivity index (χ1) is 28.8. The molecule has 0 aliphatic heterocycles. The van der Waals surface area contributed by atoms with Crippen molar-refractivity contribution in [1.29, 1.82) is 0 Å². The molecule has 0 spiro atoms. The largest absolute Gasteiger partial charge is 0.454 e. The van der Waals surface area contributed by atoms with Crippen LogP contribution >= 0.6 is 11.3 Å². The molecule has 12 aromatic rings. The van der Waals surface area contributed by atoms with Crippen molar-refractivity contribution in [2.24, 2.45) is 0 Å². The third-order valence-electron chi connectivity index (χ3n) is 11.6. The van der Waals surface area contributed by atoms with E-state index in [1.165, 1.54) is 58.7 Å². The van der Waals surface area contributed by atoms with E-state index >= 15 is 0 Å². The first-order valence-electron chi connectivity index (χ1n) is 19.7. The fourth-order valence-electron chi connectivity index (χ4n) is 8.96. The minimum Gasteiger partial charge on any atom is -0.454 e. The summed E-state index contributed by atoms with van der Waals surface area (Å²) in [6.45, 7) is 0. The van der Waals surface area contributed by atoms with Gasteiger partial charge in [-0.3, -0.25) is 0 Å². The number of benzene rings is 9. The normalized spacial score (nSPS) is 11.8. The third-order valence-corrected chi connectivity index (χ3v) is 12.7. The minimum absolute atomic E-state index is 0.873. The summed E-state index contributed by atoms with van der Waals surface area (Å²) in [7, 11) is 0. The number of anilines is 3. The summed E-state index contributed by atoms with van der Waals surface area (Å²) >= 11 is 1.84. The standard InChI is InChI=1S/C54H34N2OS/c1-2-13-37(14-3-1)56-48-21-9-6-17-42(48)43-31-27-36(33-50(43)56)41-16-5-4-15-40(41)35-25-28-38(29-26-35)55(39-30-32-46-45-19-8-11-24-52(45)58-53(46)34-39)49-22-12-20-47-44-18-7-10-23-51(44)57-54(47)49/h1-34H. The maximum atomic E-state index is 6.65. The first-order valence-corrected chi connectivity index (χ1v) is 20.5. The Labute approximate surface area is 338 Å². The molecule has 4 heteroatoms. The van der Waals surface area contributed by atoms with Crippen molar-refractivity contribution in [3.05, 3.63) is 206 Å². The molecule has 3 aromatic heterocycles. The van der Waals surface area contributed by atoms with E-state index in [9.17, 15) is 0 Å². The van der Waals surface area contributed by atoms with E-state index in [0.29, 0.717) is 0 Å². The van der Waals surface area contributed by atoms with Gasteiger partial charge in [0.15, 0.2) is 5.58 Å². The Morgan fingerprint density at radius 1 is 0.397 bits per heavy atom. The summed E-state index contributed by atoms with van der Waals surface area (Å²) < 4.78 is 11.6. The Kier molecular flexibility index (Phi) is 7.40. The fourth-order valence-corrected chi connectivity index (χ4v) is 10.1. The number of fused-ring (bicyclic) bond motifs is 9. The van der Waals surface area contributed by atoms with Crippen LogP contribution < -0.4 is 4.90 Å². The first kappa shape index (κ1) is 32.8. The van der Waals surface area contributed by atoms with Gasteiger partial charge in [-0.1, -0.05) is 140 Å². The number of para-hydroxylation sites is 4. The predicted molar refractivity (Wildman–Crippen MR) is 247 cm³/mol. The Morgan fingerprint density at radius 3 is 1.88 bits per heavy atom. The molecule has 0 aliphatic rings. The molecule has 12 rings (SSSR count). The average molecular weight is 759 g/mol. The van der Waals surface area contributed by atoms with Crippen LogP contribution in [0.4, 0.5) is 17.1 Å². The quantitative estimate of drug-likeness (QED) is 0.168. The van der Waals surface area contributed by atoms with Gasteiger partial charge in [-0.05, 0) is 89.0 Å². The number of furan rings is 1. The maximum Gasteiger partial charge on any atom is 0.159 e. The van der Waals surface area contributed by atoms with Crippen LogP contribution in [0.3, 0.4) is 0 Å². The molecule has 0 saturated heterocycles. The second kappa shape index (κ2) is 13.1. The Hall–Kier alpha value is -7.40. The molecule has 272 valence electrons. The number of hydrogen-bond acceptors (Lipinski definition) is 3. The zero-order chi connectivity index (χ0) is 38.2. The summed E-state index contributed by atoms with van der Waals surface area (Å²) in [6, 6.07) is 74.4. The Balaban J connectivity index is 1.00. The zero-order valence-corrected chi connectivity index (χ0v) is 32.2. The monoisotopic (exact) mass is 758 g/mol. The topological polar surface area (TPSA) is 21.3 Å². The molecule has 0 unspecified atom stereocenters. The van der Waals surface area contributed by atoms with Crippen LogP contribution in [-0.2, 0) is 0 Å². The minimum atomic E-state index is 0.873. The molecule has 3 heterocycles. The molecule has 0 atom stereocenters. The van der Waals surface area contributed by atoms with Gasteiger partial charge in [0.2, 0.25) is 0 Å². The van der Waals surface area contributed by atoms with Crippen molar-refractivity contribution in [1.82, 2.24) is 4.57 Å². The molecule has 0 saturated carbocycles. The van der Waals surface area contributed by atoms with E-state index in [-0.39, 0.29) is 0 Å². The highest BCUT2D eigenvalue weighted by molar-refractivity contribution is 7.25. The second-order valence-corrected chi connectivity index (χ2v) is 16.0. The number of thiophene rings is 1. The van der Waals surface area contributed by atoms with Gasteiger partial charge in [0, 0.05) is 58.8 Å². The van der Waals surface area contributed by atoms with Crippen molar-refractivity contribution < 1.29 is 4.42 Å². The van der Waals surface area contributed by atoms with Crippen LogP contribution in [0.2, 0.25) is 0 Å². The van der Waals surface area contributed by atoms with Crippen molar-refractivity contribution in [2.75, 3.05) is 4.90 Å². The smallest absolute Gasteiger partial charge is 0.159 e. The number of rotatable bonds is 6. The van der Waals surface area contributed by atoms with Gasteiger partial charge in [-0.15, -0.1) is 11.3 Å². The highest BCUT2D eigenvalue weighted by atomic mass is 32.1. The molecule has 0 amide bonds. The molecule has 0 N–H and O–H groups in total. The summed E-state index contributed by atoms with van der Waals surface area (Å²) in [5.74, 6) is 0. The lowest BCUT2D eigenvalue weighted by Gasteiger charge is -2.26. The van der Waals surface area contributed by atoms with Gasteiger partial charge in [-0.2, -0.15) is 0 Å². The van der Waals surface area contributed by atoms with Crippen molar-refractivity contribution >= 4 is 92.3 Å². The molecular weight excluding hydrogens is 725 g/mol. The van der Waals surface area contributed by atoms with E-state index in [1.807, 2.05) is 17.4 Å². The van der Waals surface area contributed by atoms with Crippen molar-refractivity contribution in [2.45, 2.75) is 0 Å². The van der Waals surface area contributed by atoms with E-state index in [0.717, 1.165) is 50.3 Å². The van der Waals surface area contributed by atoms with E-state index in [2.05, 4.69) is 210 Å². The lowest BCUT2D eigenvalue weighted by atomic mass is 9.93. The summed E-state index contributed by atoms with van der Waals surface area (Å²) in [5.41, 5.74) is 13.2. The van der Waals surface area contributed by atoms with Gasteiger partial charge in [-0.25, -0.2) is 0 Å². The van der Waals surface area contributed by atoms with Gasteiger partial charge >= 0.3 is 0 Å². The predicted octanol–water partition coefficient (Wildman–Crippen LogP) is 15.9. The lowest BCUT2D eigenvalue weighted by molar-refractivity contribution is 0.669. The maximum absolute atomic E-state index is 6.65. The van der Waals surface area contributed by atoms with Crippen LogP contribution in [0.15, 0.2) is 211 Å². The molecule has 0 fully saturated rings. The highest BCUT2D eigenvalue weighted by Crippen LogP contribution is 2.45. The van der Waals surface area contributed by atoms with E-state index < -0.39 is 0 Å². The van der Waals surface area contributed by atoms with Gasteiger partial charge in [0.05, 0.1) is 16.7 Å². The van der Waals surface area contributed by atoms with Gasteiger partial charge in [0.1, 0.15) is 5.58 Å². The van der Waals surface area contributed by atoms with E-state index in [4.69, 9.17) is 4.42 Å². The molecule has 3 nitrogen and oxygen atoms in total. The number of aromatic nitrogens is 1. The van der Waals surface area contributed by atoms with Crippen molar-refractivity contribution in [3.63, 3.8) is 0 Å². The molecule has 0 aliphatic carbocycles. The Morgan fingerprint density at radius 2 is 1.02 bits per heavy atom. The zero-order valence-electron chi connectivity index (χ0n) is 31.3. The van der Waals surface area contributed by atoms with Crippen LogP contribution in [0, 0.1) is 0 Å². The van der Waals surface area contributed by atoms with Gasteiger partial charge in [0.25, 0.3) is 0 Å². The molecule has 0 bridgehead atoms. The fraction of sp³-hybridized carbons (Fsp3) is 0.